The zero-order valence-electron chi connectivity index (χ0n) is 9.52. The molecule has 2 atom stereocenters. The third-order valence-electron chi connectivity index (χ3n) is 2.61. The van der Waals surface area contributed by atoms with Crippen molar-refractivity contribution in [1.29, 1.82) is 0 Å². The van der Waals surface area contributed by atoms with Crippen LogP contribution in [0.3, 0.4) is 0 Å². The van der Waals surface area contributed by atoms with E-state index in [9.17, 15) is 9.59 Å². The standard InChI is InChI=1S/2C4H8NO2S.Sn/c2*1-7-4(6)3(5)2-8;/h2*3,5,8H,2H2,1H3;/q2*-1;+4/p-2/t2*3-;/m00./s1. The van der Waals surface area contributed by atoms with Crippen molar-refractivity contribution >= 4 is 46.0 Å². The zero-order chi connectivity index (χ0) is 12.5. The van der Waals surface area contributed by atoms with Gasteiger partial charge in [-0.15, -0.1) is 0 Å². The molecule has 0 unspecified atom stereocenters. The van der Waals surface area contributed by atoms with Crippen LogP contribution in [-0.4, -0.2) is 65.9 Å². The third kappa shape index (κ3) is 2.86. The maximum atomic E-state index is 11.4. The molecule has 2 heterocycles. The molecule has 0 aliphatic carbocycles. The molecule has 17 heavy (non-hydrogen) atoms. The fourth-order valence-electron chi connectivity index (χ4n) is 1.73. The van der Waals surface area contributed by atoms with E-state index in [0.717, 1.165) is 11.5 Å². The zero-order valence-corrected chi connectivity index (χ0v) is 14.0. The first-order valence-electron chi connectivity index (χ1n) is 5.09. The molecular formula is C8H14N2O4S2Sn. The molecule has 0 radical (unpaired) electrons. The Morgan fingerprint density at radius 2 is 1.47 bits per heavy atom. The van der Waals surface area contributed by atoms with Gasteiger partial charge < -0.3 is 0 Å². The Morgan fingerprint density at radius 3 is 1.82 bits per heavy atom. The molecule has 0 saturated carbocycles. The Balaban J connectivity index is 1.96. The van der Waals surface area contributed by atoms with Gasteiger partial charge in [-0.05, 0) is 0 Å². The molecule has 2 rings (SSSR count). The van der Waals surface area contributed by atoms with Crippen molar-refractivity contribution < 1.29 is 19.1 Å². The van der Waals surface area contributed by atoms with Crippen LogP contribution in [0.4, 0.5) is 0 Å². The average molecular weight is 385 g/mol. The Kier molecular flexibility index (Phi) is 4.50. The quantitative estimate of drug-likeness (QED) is 0.472. The molecule has 0 aromatic carbocycles. The summed E-state index contributed by atoms with van der Waals surface area (Å²) < 4.78 is 16.2. The van der Waals surface area contributed by atoms with Crippen LogP contribution in [0.1, 0.15) is 0 Å². The molecule has 1 spiro atoms. The molecule has 6 nitrogen and oxygen atoms in total. The van der Waals surface area contributed by atoms with Gasteiger partial charge >= 0.3 is 110 Å². The average Bonchev–Trinajstić information content (AvgIpc) is 2.96. The summed E-state index contributed by atoms with van der Waals surface area (Å²) in [5, 5.41) is 0. The van der Waals surface area contributed by atoms with Gasteiger partial charge in [0.05, 0.1) is 0 Å². The number of methoxy groups -OCH3 is 2. The van der Waals surface area contributed by atoms with Crippen LogP contribution in [0.25, 0.3) is 0 Å². The second kappa shape index (κ2) is 5.55. The van der Waals surface area contributed by atoms with Crippen LogP contribution in [-0.2, 0) is 19.1 Å². The maximum absolute atomic E-state index is 11.4. The number of carbonyl (C=O) groups excluding carboxylic acids is 2. The second-order valence-corrected chi connectivity index (χ2v) is 25.0. The number of esters is 2. The summed E-state index contributed by atoms with van der Waals surface area (Å²) in [4.78, 5) is 22.9. The van der Waals surface area contributed by atoms with Gasteiger partial charge in [0.1, 0.15) is 0 Å². The number of hydrogen-bond acceptors (Lipinski definition) is 8. The Bertz CT molecular complexity index is 311. The first-order valence-corrected chi connectivity index (χ1v) is 16.9. The van der Waals surface area contributed by atoms with E-state index in [1.54, 1.807) is 17.9 Å². The van der Waals surface area contributed by atoms with Crippen molar-refractivity contribution in [3.05, 3.63) is 0 Å². The molecule has 9 heteroatoms. The van der Waals surface area contributed by atoms with Gasteiger partial charge in [0.25, 0.3) is 0 Å². The van der Waals surface area contributed by atoms with Crippen LogP contribution in [0.5, 0.6) is 0 Å². The fourth-order valence-corrected chi connectivity index (χ4v) is 27.0. The first-order chi connectivity index (χ1) is 8.10. The number of nitrogens with one attached hydrogen (secondary N) is 2. The van der Waals surface area contributed by atoms with Gasteiger partial charge in [-0.3, -0.25) is 0 Å². The monoisotopic (exact) mass is 386 g/mol. The summed E-state index contributed by atoms with van der Waals surface area (Å²) in [5.41, 5.74) is 0. The summed E-state index contributed by atoms with van der Waals surface area (Å²) >= 11 is -2.81. The van der Waals surface area contributed by atoms with Crippen molar-refractivity contribution in [2.24, 2.45) is 0 Å². The summed E-state index contributed by atoms with van der Waals surface area (Å²) in [6.07, 6.45) is 0. The topological polar surface area (TPSA) is 76.7 Å². The first kappa shape index (κ1) is 13.8. The molecule has 96 valence electrons. The van der Waals surface area contributed by atoms with E-state index in [-0.39, 0.29) is 24.0 Å². The third-order valence-corrected chi connectivity index (χ3v) is 26.3. The van der Waals surface area contributed by atoms with Crippen LogP contribution in [0.2, 0.25) is 0 Å². The summed E-state index contributed by atoms with van der Waals surface area (Å²) in [6, 6.07) is -0.477. The van der Waals surface area contributed by atoms with Crippen molar-refractivity contribution in [2.45, 2.75) is 12.1 Å². The normalized spacial score (nSPS) is 30.5. The Hall–Kier alpha value is 0.359. The van der Waals surface area contributed by atoms with E-state index in [1.165, 1.54) is 14.2 Å². The number of carbonyl (C=O) groups is 2. The fraction of sp³-hybridized carbons (Fsp3) is 0.750. The summed E-state index contributed by atoms with van der Waals surface area (Å²) in [6.45, 7) is 0. The van der Waals surface area contributed by atoms with Gasteiger partial charge in [0.2, 0.25) is 0 Å². The van der Waals surface area contributed by atoms with Crippen molar-refractivity contribution in [3.8, 4) is 0 Å². The molecule has 0 bridgehead atoms. The van der Waals surface area contributed by atoms with Crippen LogP contribution in [0, 0.1) is 0 Å². The Morgan fingerprint density at radius 1 is 1.06 bits per heavy atom. The van der Waals surface area contributed by atoms with E-state index in [2.05, 4.69) is 7.08 Å². The SMILES string of the molecule is COC(=O)[C@@H]1C[S][Sn]2([NH]1)[NH][C@H](C(=O)OC)C[S]2. The summed E-state index contributed by atoms with van der Waals surface area (Å²) in [5.74, 6) is 0.984. The Labute approximate surface area is 109 Å². The minimum atomic E-state index is -2.81. The van der Waals surface area contributed by atoms with E-state index < -0.39 is 16.2 Å². The van der Waals surface area contributed by atoms with Crippen molar-refractivity contribution in [1.82, 2.24) is 7.08 Å². The predicted octanol–water partition coefficient (Wildman–Crippen LogP) is -0.822. The van der Waals surface area contributed by atoms with Crippen molar-refractivity contribution in [3.63, 3.8) is 0 Å². The number of hydrogen-bond donors (Lipinski definition) is 2. The molecule has 0 amide bonds. The van der Waals surface area contributed by atoms with Crippen LogP contribution >= 0.6 is 17.9 Å². The van der Waals surface area contributed by atoms with Gasteiger partial charge in [-0.25, -0.2) is 0 Å². The predicted molar refractivity (Wildman–Crippen MR) is 68.5 cm³/mol. The molecule has 2 saturated heterocycles. The van der Waals surface area contributed by atoms with E-state index >= 15 is 0 Å². The van der Waals surface area contributed by atoms with Gasteiger partial charge in [0, 0.05) is 0 Å². The minimum absolute atomic E-state index is 0.227. The molecule has 2 fully saturated rings. The molecule has 0 aromatic rings. The second-order valence-electron chi connectivity index (χ2n) is 3.68. The molecular weight excluding hydrogens is 371 g/mol. The van der Waals surface area contributed by atoms with Gasteiger partial charge in [0.15, 0.2) is 0 Å². The molecule has 2 N–H and O–H groups in total. The van der Waals surface area contributed by atoms with Gasteiger partial charge in [-0.1, -0.05) is 0 Å². The molecule has 0 aromatic heterocycles. The van der Waals surface area contributed by atoms with Crippen LogP contribution < -0.4 is 7.08 Å². The van der Waals surface area contributed by atoms with E-state index in [1.807, 2.05) is 0 Å². The van der Waals surface area contributed by atoms with Gasteiger partial charge in [-0.2, -0.15) is 0 Å². The van der Waals surface area contributed by atoms with Crippen molar-refractivity contribution in [2.75, 3.05) is 25.7 Å². The van der Waals surface area contributed by atoms with Crippen LogP contribution in [0.15, 0.2) is 0 Å². The number of rotatable bonds is 2. The summed E-state index contributed by atoms with van der Waals surface area (Å²) in [7, 11) is 6.34. The molecule has 2 aliphatic rings. The number of ether oxygens (including phenoxy) is 2. The molecule has 2 aliphatic heterocycles. The van der Waals surface area contributed by atoms with E-state index in [0.29, 0.717) is 0 Å². The van der Waals surface area contributed by atoms with E-state index in [4.69, 9.17) is 9.47 Å².